The lowest BCUT2D eigenvalue weighted by Gasteiger charge is -2.05. The number of aryl methyl sites for hydroxylation is 1. The second-order valence-corrected chi connectivity index (χ2v) is 11.8. The number of halogens is 2. The molecule has 2 heterocycles. The van der Waals surface area contributed by atoms with Gasteiger partial charge < -0.3 is 5.11 Å². The van der Waals surface area contributed by atoms with Crippen molar-refractivity contribution in [3.63, 3.8) is 0 Å². The normalized spacial score (nSPS) is 11.2. The van der Waals surface area contributed by atoms with Gasteiger partial charge >= 0.3 is 5.97 Å². The second-order valence-electron chi connectivity index (χ2n) is 6.94. The number of carboxylic acids is 1. The summed E-state index contributed by atoms with van der Waals surface area (Å²) >= 11 is 16.1. The minimum Gasteiger partial charge on any atom is -0.476 e. The Bertz CT molecular complexity index is 1240. The van der Waals surface area contributed by atoms with Gasteiger partial charge in [0.25, 0.3) is 0 Å². The van der Waals surface area contributed by atoms with Crippen molar-refractivity contribution in [3.8, 4) is 16.4 Å². The Morgan fingerprint density at radius 2 is 1.94 bits per heavy atom. The maximum absolute atomic E-state index is 12.2. The number of carbonyl (C=O) groups is 1. The summed E-state index contributed by atoms with van der Waals surface area (Å²) in [4.78, 5) is 16.9. The highest BCUT2D eigenvalue weighted by atomic mass is 35.5. The molecule has 0 spiro atoms. The van der Waals surface area contributed by atoms with Crippen LogP contribution in [0.2, 0.25) is 10.0 Å². The maximum Gasteiger partial charge on any atom is 0.355 e. The molecule has 0 amide bonds. The van der Waals surface area contributed by atoms with E-state index < -0.39 is 5.97 Å². The van der Waals surface area contributed by atoms with Crippen LogP contribution in [0.1, 0.15) is 42.5 Å². The standard InChI is InChI=1S/C20H19Cl2N5O2S3/c1-8(2)30-19-15(11-5-6-12(21)13(22)7-11)25-20(32-19)27-16(18(28)29)14(9(3)26-27)17(24)31-10(4)23/h5-8,23-24H,1-4H3,(H,28,29). The lowest BCUT2D eigenvalue weighted by Crippen LogP contribution is -2.12. The lowest BCUT2D eigenvalue weighted by atomic mass is 10.2. The van der Waals surface area contributed by atoms with Crippen LogP contribution in [-0.4, -0.2) is 41.2 Å². The number of nitrogens with one attached hydrogen (secondary N) is 2. The first-order valence-electron chi connectivity index (χ1n) is 9.27. The number of thiazole rings is 1. The fraction of sp³-hybridized carbons (Fsp3) is 0.250. The van der Waals surface area contributed by atoms with Gasteiger partial charge in [0.2, 0.25) is 5.13 Å². The van der Waals surface area contributed by atoms with Gasteiger partial charge in [0.15, 0.2) is 5.69 Å². The van der Waals surface area contributed by atoms with Crippen molar-refractivity contribution >= 4 is 74.1 Å². The third kappa shape index (κ3) is 5.20. The number of nitrogens with zero attached hydrogens (tertiary/aromatic N) is 3. The fourth-order valence-corrected chi connectivity index (χ4v) is 6.27. The Morgan fingerprint density at radius 3 is 2.50 bits per heavy atom. The van der Waals surface area contributed by atoms with E-state index >= 15 is 0 Å². The van der Waals surface area contributed by atoms with Crippen molar-refractivity contribution in [1.29, 1.82) is 10.8 Å². The van der Waals surface area contributed by atoms with Gasteiger partial charge in [-0.05, 0) is 26.0 Å². The van der Waals surface area contributed by atoms with Gasteiger partial charge in [0.05, 0.1) is 36.2 Å². The molecule has 0 saturated carbocycles. The largest absolute Gasteiger partial charge is 0.476 e. The first kappa shape index (κ1) is 24.8. The molecule has 32 heavy (non-hydrogen) atoms. The molecule has 0 fully saturated rings. The van der Waals surface area contributed by atoms with Gasteiger partial charge in [0.1, 0.15) is 5.04 Å². The highest BCUT2D eigenvalue weighted by molar-refractivity contribution is 8.26. The van der Waals surface area contributed by atoms with Crippen molar-refractivity contribution in [1.82, 2.24) is 14.8 Å². The van der Waals surface area contributed by atoms with E-state index in [1.165, 1.54) is 16.0 Å². The summed E-state index contributed by atoms with van der Waals surface area (Å²) in [5.41, 5.74) is 1.82. The van der Waals surface area contributed by atoms with Crippen LogP contribution in [0.5, 0.6) is 0 Å². The Balaban J connectivity index is 2.21. The molecule has 0 saturated heterocycles. The van der Waals surface area contributed by atoms with Crippen molar-refractivity contribution in [2.45, 2.75) is 37.2 Å². The predicted octanol–water partition coefficient (Wildman–Crippen LogP) is 6.87. The van der Waals surface area contributed by atoms with Crippen LogP contribution in [0.25, 0.3) is 16.4 Å². The number of aromatic carboxylic acids is 1. The lowest BCUT2D eigenvalue weighted by molar-refractivity contribution is 0.0686. The highest BCUT2D eigenvalue weighted by Gasteiger charge is 2.28. The summed E-state index contributed by atoms with van der Waals surface area (Å²) < 4.78 is 2.15. The number of benzene rings is 1. The quantitative estimate of drug-likeness (QED) is 0.183. The summed E-state index contributed by atoms with van der Waals surface area (Å²) in [7, 11) is 0. The van der Waals surface area contributed by atoms with Crippen LogP contribution < -0.4 is 0 Å². The molecule has 0 aliphatic heterocycles. The molecule has 1 aromatic carbocycles. The minimum absolute atomic E-state index is 0.0447. The van der Waals surface area contributed by atoms with Crippen LogP contribution in [0.15, 0.2) is 22.4 Å². The monoisotopic (exact) mass is 527 g/mol. The van der Waals surface area contributed by atoms with Gasteiger partial charge in [-0.3, -0.25) is 10.8 Å². The zero-order valence-electron chi connectivity index (χ0n) is 17.5. The van der Waals surface area contributed by atoms with Crippen LogP contribution in [0.3, 0.4) is 0 Å². The van der Waals surface area contributed by atoms with Gasteiger partial charge in [-0.1, -0.05) is 66.2 Å². The molecular formula is C20H19Cl2N5O2S3. The Labute approximate surface area is 207 Å². The van der Waals surface area contributed by atoms with Crippen molar-refractivity contribution < 1.29 is 9.90 Å². The SMILES string of the molecule is CC(=N)SC(=N)c1c(C)nn(-c2nc(-c3ccc(Cl)c(Cl)c3)c(SC(C)C)s2)c1C(=O)O. The van der Waals surface area contributed by atoms with E-state index in [2.05, 4.69) is 18.9 Å². The smallest absolute Gasteiger partial charge is 0.355 e. The molecule has 0 aliphatic carbocycles. The van der Waals surface area contributed by atoms with E-state index in [0.29, 0.717) is 26.6 Å². The molecule has 0 radical (unpaired) electrons. The number of thioether (sulfide) groups is 2. The highest BCUT2D eigenvalue weighted by Crippen LogP contribution is 2.41. The summed E-state index contributed by atoms with van der Waals surface area (Å²) in [5.74, 6) is -1.22. The van der Waals surface area contributed by atoms with E-state index in [1.54, 1.807) is 37.7 Å². The first-order chi connectivity index (χ1) is 15.0. The summed E-state index contributed by atoms with van der Waals surface area (Å²) in [6.07, 6.45) is 0. The number of carboxylic acid groups (broad SMARTS) is 1. The molecule has 12 heteroatoms. The van der Waals surface area contributed by atoms with Crippen LogP contribution in [0.4, 0.5) is 0 Å². The van der Waals surface area contributed by atoms with Crippen molar-refractivity contribution in [2.75, 3.05) is 0 Å². The first-order valence-corrected chi connectivity index (χ1v) is 12.5. The average molecular weight is 529 g/mol. The van der Waals surface area contributed by atoms with Crippen molar-refractivity contribution in [2.24, 2.45) is 0 Å². The number of hydrogen-bond donors (Lipinski definition) is 3. The van der Waals surface area contributed by atoms with Crippen molar-refractivity contribution in [3.05, 3.63) is 45.2 Å². The van der Waals surface area contributed by atoms with E-state index in [0.717, 1.165) is 21.5 Å². The summed E-state index contributed by atoms with van der Waals surface area (Å²) in [6, 6.07) is 5.23. The van der Waals surface area contributed by atoms with Crippen LogP contribution >= 0.6 is 58.1 Å². The topological polar surface area (TPSA) is 116 Å². The number of hydrogen-bond acceptors (Lipinski definition) is 8. The summed E-state index contributed by atoms with van der Waals surface area (Å²) in [6.45, 7) is 7.29. The Morgan fingerprint density at radius 1 is 1.25 bits per heavy atom. The van der Waals surface area contributed by atoms with E-state index in [4.69, 9.17) is 39.0 Å². The third-order valence-corrected chi connectivity index (χ3v) is 7.74. The summed E-state index contributed by atoms with van der Waals surface area (Å²) in [5, 5.41) is 31.8. The van der Waals surface area contributed by atoms with Crippen LogP contribution in [0, 0.1) is 17.7 Å². The molecule has 0 unspecified atom stereocenters. The Kier molecular flexibility index (Phi) is 7.72. The molecule has 7 nitrogen and oxygen atoms in total. The fourth-order valence-electron chi connectivity index (χ4n) is 2.84. The third-order valence-electron chi connectivity index (χ3n) is 4.05. The van der Waals surface area contributed by atoms with Crippen LogP contribution in [-0.2, 0) is 0 Å². The molecule has 3 rings (SSSR count). The van der Waals surface area contributed by atoms with Gasteiger partial charge in [-0.2, -0.15) is 9.78 Å². The average Bonchev–Trinajstić information content (AvgIpc) is 3.24. The molecule has 0 bridgehead atoms. The molecule has 0 atom stereocenters. The predicted molar refractivity (Wildman–Crippen MR) is 135 cm³/mol. The maximum atomic E-state index is 12.2. The molecule has 3 N–H and O–H groups in total. The van der Waals surface area contributed by atoms with Gasteiger partial charge in [0, 0.05) is 10.8 Å². The molecule has 2 aromatic heterocycles. The van der Waals surface area contributed by atoms with E-state index in [1.807, 2.05) is 6.07 Å². The second kappa shape index (κ2) is 9.96. The molecule has 0 aliphatic rings. The molecule has 168 valence electrons. The van der Waals surface area contributed by atoms with E-state index in [9.17, 15) is 9.90 Å². The van der Waals surface area contributed by atoms with Gasteiger partial charge in [-0.15, -0.1) is 11.8 Å². The molecular weight excluding hydrogens is 509 g/mol. The number of aromatic nitrogens is 3. The molecule has 3 aromatic rings. The number of rotatable bonds is 6. The minimum atomic E-state index is -1.22. The zero-order chi connectivity index (χ0) is 23.7. The van der Waals surface area contributed by atoms with E-state index in [-0.39, 0.29) is 26.6 Å². The van der Waals surface area contributed by atoms with Gasteiger partial charge in [-0.25, -0.2) is 9.78 Å². The zero-order valence-corrected chi connectivity index (χ0v) is 21.4. The Hall–Kier alpha value is -1.85.